The monoisotopic (exact) mass is 271 g/mol. The van der Waals surface area contributed by atoms with Gasteiger partial charge in [0.1, 0.15) is 11.6 Å². The summed E-state index contributed by atoms with van der Waals surface area (Å²) in [5, 5.41) is 0.548. The molecule has 2 aromatic rings. The largest absolute Gasteiger partial charge is 0.458 e. The molecule has 0 aliphatic rings. The lowest BCUT2D eigenvalue weighted by molar-refractivity contribution is 0.544. The Morgan fingerprint density at radius 3 is 2.80 bits per heavy atom. The van der Waals surface area contributed by atoms with Crippen molar-refractivity contribution in [3.05, 3.63) is 33.7 Å². The number of rotatable bonds is 2. The standard InChI is InChI=1S/C11H11BrFNO/c1-2-6-9(5-14)15-11-7(12)3-4-8(13)10(6)11/h3-4H,2,5,14H2,1H3. The van der Waals surface area contributed by atoms with E-state index in [-0.39, 0.29) is 5.82 Å². The summed E-state index contributed by atoms with van der Waals surface area (Å²) < 4.78 is 19.9. The minimum absolute atomic E-state index is 0.256. The van der Waals surface area contributed by atoms with Crippen molar-refractivity contribution in [2.24, 2.45) is 5.73 Å². The SMILES string of the molecule is CCc1c(CN)oc2c(Br)ccc(F)c12. The van der Waals surface area contributed by atoms with E-state index in [0.717, 1.165) is 10.0 Å². The maximum atomic E-state index is 13.6. The van der Waals surface area contributed by atoms with Crippen LogP contribution in [0.25, 0.3) is 11.0 Å². The van der Waals surface area contributed by atoms with Gasteiger partial charge in [-0.3, -0.25) is 0 Å². The first-order valence-electron chi connectivity index (χ1n) is 4.77. The van der Waals surface area contributed by atoms with Crippen LogP contribution in [0, 0.1) is 5.82 Å². The Bertz CT molecular complexity index is 507. The Morgan fingerprint density at radius 1 is 1.47 bits per heavy atom. The molecule has 0 saturated heterocycles. The van der Waals surface area contributed by atoms with Crippen molar-refractivity contribution in [3.63, 3.8) is 0 Å². The van der Waals surface area contributed by atoms with Gasteiger partial charge < -0.3 is 10.2 Å². The number of benzene rings is 1. The summed E-state index contributed by atoms with van der Waals surface area (Å²) in [7, 11) is 0. The van der Waals surface area contributed by atoms with E-state index in [0.29, 0.717) is 29.7 Å². The first-order valence-corrected chi connectivity index (χ1v) is 5.56. The molecule has 0 fully saturated rings. The van der Waals surface area contributed by atoms with E-state index >= 15 is 0 Å². The molecule has 0 bridgehead atoms. The maximum absolute atomic E-state index is 13.6. The average molecular weight is 272 g/mol. The zero-order valence-corrected chi connectivity index (χ0v) is 9.90. The fourth-order valence-electron chi connectivity index (χ4n) is 1.78. The summed E-state index contributed by atoms with van der Waals surface area (Å²) in [5.41, 5.74) is 6.97. The molecule has 2 N–H and O–H groups in total. The van der Waals surface area contributed by atoms with Crippen LogP contribution in [0.2, 0.25) is 0 Å². The lowest BCUT2D eigenvalue weighted by atomic mass is 10.1. The minimum atomic E-state index is -0.256. The van der Waals surface area contributed by atoms with Gasteiger partial charge in [-0.2, -0.15) is 0 Å². The number of halogens is 2. The fourth-order valence-corrected chi connectivity index (χ4v) is 2.19. The van der Waals surface area contributed by atoms with Gasteiger partial charge in [0.2, 0.25) is 0 Å². The predicted molar refractivity (Wildman–Crippen MR) is 61.1 cm³/mol. The van der Waals surface area contributed by atoms with Crippen LogP contribution in [0.15, 0.2) is 21.0 Å². The van der Waals surface area contributed by atoms with Crippen LogP contribution in [0.5, 0.6) is 0 Å². The van der Waals surface area contributed by atoms with Gasteiger partial charge in [0.05, 0.1) is 16.4 Å². The second-order valence-electron chi connectivity index (χ2n) is 3.29. The van der Waals surface area contributed by atoms with Crippen molar-refractivity contribution >= 4 is 26.9 Å². The molecule has 0 unspecified atom stereocenters. The smallest absolute Gasteiger partial charge is 0.151 e. The molecule has 0 amide bonds. The van der Waals surface area contributed by atoms with E-state index in [4.69, 9.17) is 10.2 Å². The Balaban J connectivity index is 2.87. The molecular formula is C11H11BrFNO. The third-order valence-electron chi connectivity index (χ3n) is 2.46. The lowest BCUT2D eigenvalue weighted by Gasteiger charge is -1.97. The van der Waals surface area contributed by atoms with Crippen LogP contribution in [-0.2, 0) is 13.0 Å². The Morgan fingerprint density at radius 2 is 2.20 bits per heavy atom. The first kappa shape index (κ1) is 10.6. The predicted octanol–water partition coefficient (Wildman–Crippen LogP) is 3.36. The molecule has 2 rings (SSSR count). The molecule has 0 spiro atoms. The molecule has 1 aromatic heterocycles. The summed E-state index contributed by atoms with van der Waals surface area (Å²) in [6, 6.07) is 3.07. The number of furan rings is 1. The number of fused-ring (bicyclic) bond motifs is 1. The van der Waals surface area contributed by atoms with Crippen molar-refractivity contribution in [1.29, 1.82) is 0 Å². The Kier molecular flexibility index (Phi) is 2.80. The second kappa shape index (κ2) is 3.94. The minimum Gasteiger partial charge on any atom is -0.458 e. The van der Waals surface area contributed by atoms with Crippen molar-refractivity contribution in [2.45, 2.75) is 19.9 Å². The highest BCUT2D eigenvalue weighted by Crippen LogP contribution is 2.33. The van der Waals surface area contributed by atoms with Gasteiger partial charge >= 0.3 is 0 Å². The van der Waals surface area contributed by atoms with Gasteiger partial charge in [0.25, 0.3) is 0 Å². The summed E-state index contributed by atoms with van der Waals surface area (Å²) >= 11 is 3.34. The molecule has 0 radical (unpaired) electrons. The molecule has 2 nitrogen and oxygen atoms in total. The molecule has 0 aliphatic heterocycles. The van der Waals surface area contributed by atoms with Crippen molar-refractivity contribution in [3.8, 4) is 0 Å². The van der Waals surface area contributed by atoms with E-state index in [1.807, 2.05) is 6.92 Å². The molecule has 4 heteroatoms. The van der Waals surface area contributed by atoms with Gasteiger partial charge in [0.15, 0.2) is 5.58 Å². The number of nitrogens with two attached hydrogens (primary N) is 1. The van der Waals surface area contributed by atoms with Crippen LogP contribution in [0.1, 0.15) is 18.2 Å². The molecule has 0 atom stereocenters. The molecular weight excluding hydrogens is 261 g/mol. The highest BCUT2D eigenvalue weighted by molar-refractivity contribution is 9.10. The number of hydrogen-bond acceptors (Lipinski definition) is 2. The number of aryl methyl sites for hydroxylation is 1. The zero-order valence-electron chi connectivity index (χ0n) is 8.31. The van der Waals surface area contributed by atoms with Gasteiger partial charge in [-0.15, -0.1) is 0 Å². The Labute approximate surface area is 95.4 Å². The molecule has 80 valence electrons. The van der Waals surface area contributed by atoms with Crippen LogP contribution in [0.3, 0.4) is 0 Å². The highest BCUT2D eigenvalue weighted by atomic mass is 79.9. The van der Waals surface area contributed by atoms with Gasteiger partial charge in [-0.25, -0.2) is 4.39 Å². The van der Waals surface area contributed by atoms with Crippen molar-refractivity contribution in [2.75, 3.05) is 0 Å². The molecule has 0 saturated carbocycles. The van der Waals surface area contributed by atoms with Crippen LogP contribution in [-0.4, -0.2) is 0 Å². The zero-order chi connectivity index (χ0) is 11.0. The van der Waals surface area contributed by atoms with Crippen molar-refractivity contribution < 1.29 is 8.81 Å². The van der Waals surface area contributed by atoms with E-state index in [9.17, 15) is 4.39 Å². The average Bonchev–Trinajstić information content (AvgIpc) is 2.63. The summed E-state index contributed by atoms with van der Waals surface area (Å²) in [4.78, 5) is 0. The van der Waals surface area contributed by atoms with Gasteiger partial charge in [0, 0.05) is 5.56 Å². The van der Waals surface area contributed by atoms with E-state index in [1.54, 1.807) is 6.07 Å². The molecule has 15 heavy (non-hydrogen) atoms. The third-order valence-corrected chi connectivity index (χ3v) is 3.09. The highest BCUT2D eigenvalue weighted by Gasteiger charge is 2.17. The topological polar surface area (TPSA) is 39.2 Å². The lowest BCUT2D eigenvalue weighted by Crippen LogP contribution is -1.97. The summed E-state index contributed by atoms with van der Waals surface area (Å²) in [6.07, 6.45) is 0.715. The number of hydrogen-bond donors (Lipinski definition) is 1. The summed E-state index contributed by atoms with van der Waals surface area (Å²) in [6.45, 7) is 2.26. The van der Waals surface area contributed by atoms with E-state index in [1.165, 1.54) is 6.07 Å². The second-order valence-corrected chi connectivity index (χ2v) is 4.15. The molecule has 1 aromatic carbocycles. The van der Waals surface area contributed by atoms with Crippen LogP contribution < -0.4 is 5.73 Å². The quantitative estimate of drug-likeness (QED) is 0.910. The Hall–Kier alpha value is -0.870. The molecule has 0 aliphatic carbocycles. The summed E-state index contributed by atoms with van der Waals surface area (Å²) in [5.74, 6) is 0.409. The van der Waals surface area contributed by atoms with E-state index in [2.05, 4.69) is 15.9 Å². The normalized spacial score (nSPS) is 11.2. The third kappa shape index (κ3) is 1.58. The maximum Gasteiger partial charge on any atom is 0.151 e. The molecule has 1 heterocycles. The van der Waals surface area contributed by atoms with Gasteiger partial charge in [-0.05, 0) is 34.5 Å². The first-order chi connectivity index (χ1) is 7.19. The van der Waals surface area contributed by atoms with Crippen LogP contribution in [0.4, 0.5) is 4.39 Å². The van der Waals surface area contributed by atoms with E-state index < -0.39 is 0 Å². The van der Waals surface area contributed by atoms with Gasteiger partial charge in [-0.1, -0.05) is 6.92 Å². The van der Waals surface area contributed by atoms with Crippen LogP contribution >= 0.6 is 15.9 Å². The fraction of sp³-hybridized carbons (Fsp3) is 0.273. The van der Waals surface area contributed by atoms with Crippen molar-refractivity contribution in [1.82, 2.24) is 0 Å².